The van der Waals surface area contributed by atoms with Crippen LogP contribution < -0.4 is 0 Å². The molecular formula is C23H29BrN2O. The van der Waals surface area contributed by atoms with E-state index in [4.69, 9.17) is 0 Å². The third-order valence-electron chi connectivity index (χ3n) is 6.25. The van der Waals surface area contributed by atoms with Gasteiger partial charge in [0.1, 0.15) is 0 Å². The summed E-state index contributed by atoms with van der Waals surface area (Å²) in [6.07, 6.45) is 3.05. The van der Waals surface area contributed by atoms with Crippen molar-refractivity contribution >= 4 is 15.9 Å². The molecule has 0 aliphatic carbocycles. The average molecular weight is 429 g/mol. The minimum atomic E-state index is -0.200. The van der Waals surface area contributed by atoms with Gasteiger partial charge in [0.05, 0.1) is 6.10 Å². The van der Waals surface area contributed by atoms with Gasteiger partial charge in [0, 0.05) is 30.1 Å². The lowest BCUT2D eigenvalue weighted by molar-refractivity contribution is -0.0222. The van der Waals surface area contributed by atoms with E-state index >= 15 is 0 Å². The molecule has 1 N–H and O–H groups in total. The largest absolute Gasteiger partial charge is 0.391 e. The highest BCUT2D eigenvalue weighted by atomic mass is 79.9. The van der Waals surface area contributed by atoms with Crippen LogP contribution in [-0.2, 0) is 6.54 Å². The number of piperidine rings is 2. The van der Waals surface area contributed by atoms with Crippen molar-refractivity contribution in [1.29, 1.82) is 0 Å². The maximum absolute atomic E-state index is 10.7. The molecule has 2 saturated heterocycles. The molecule has 0 bridgehead atoms. The minimum Gasteiger partial charge on any atom is -0.391 e. The zero-order chi connectivity index (χ0) is 18.6. The maximum atomic E-state index is 10.7. The highest BCUT2D eigenvalue weighted by Crippen LogP contribution is 2.30. The molecule has 27 heavy (non-hydrogen) atoms. The van der Waals surface area contributed by atoms with Crippen molar-refractivity contribution in [1.82, 2.24) is 9.80 Å². The maximum Gasteiger partial charge on any atom is 0.0720 e. The van der Waals surface area contributed by atoms with Crippen LogP contribution in [0.3, 0.4) is 0 Å². The molecule has 2 aromatic carbocycles. The standard InChI is InChI=1S/C23H29BrN2O/c24-21-9-5-4-8-20(21)16-25-13-12-23(27)22(17-25)26-14-10-19(11-15-26)18-6-2-1-3-7-18/h1-9,19,22-23,27H,10-17H2/t22-,23-/m1/s1. The van der Waals surface area contributed by atoms with Crippen LogP contribution in [0.1, 0.15) is 36.3 Å². The van der Waals surface area contributed by atoms with Gasteiger partial charge < -0.3 is 5.11 Å². The second-order valence-electron chi connectivity index (χ2n) is 7.97. The Morgan fingerprint density at radius 2 is 1.59 bits per heavy atom. The molecule has 4 rings (SSSR count). The highest BCUT2D eigenvalue weighted by Gasteiger charge is 2.34. The van der Waals surface area contributed by atoms with Crippen molar-refractivity contribution in [2.75, 3.05) is 26.2 Å². The van der Waals surface area contributed by atoms with E-state index in [1.165, 1.54) is 28.4 Å². The predicted molar refractivity (Wildman–Crippen MR) is 114 cm³/mol. The molecule has 4 heteroatoms. The van der Waals surface area contributed by atoms with Gasteiger partial charge in [0.25, 0.3) is 0 Å². The third-order valence-corrected chi connectivity index (χ3v) is 7.03. The first-order valence-electron chi connectivity index (χ1n) is 10.1. The van der Waals surface area contributed by atoms with Gasteiger partial charge in [-0.2, -0.15) is 0 Å². The van der Waals surface area contributed by atoms with Crippen LogP contribution in [0.25, 0.3) is 0 Å². The first-order chi connectivity index (χ1) is 13.2. The molecule has 0 amide bonds. The molecule has 2 aromatic rings. The summed E-state index contributed by atoms with van der Waals surface area (Å²) in [5, 5.41) is 10.7. The van der Waals surface area contributed by atoms with Crippen LogP contribution in [0.15, 0.2) is 59.1 Å². The lowest BCUT2D eigenvalue weighted by atomic mass is 9.88. The molecule has 0 radical (unpaired) electrons. The van der Waals surface area contributed by atoms with Gasteiger partial charge in [0.2, 0.25) is 0 Å². The Labute approximate surface area is 171 Å². The van der Waals surface area contributed by atoms with E-state index in [1.54, 1.807) is 0 Å². The first kappa shape index (κ1) is 19.1. The minimum absolute atomic E-state index is 0.200. The molecule has 2 heterocycles. The predicted octanol–water partition coefficient (Wildman–Crippen LogP) is 4.26. The van der Waals surface area contributed by atoms with Crippen molar-refractivity contribution in [3.63, 3.8) is 0 Å². The summed E-state index contributed by atoms with van der Waals surface area (Å²) in [4.78, 5) is 5.04. The number of halogens is 1. The fourth-order valence-electron chi connectivity index (χ4n) is 4.64. The summed E-state index contributed by atoms with van der Waals surface area (Å²) >= 11 is 3.67. The molecule has 0 saturated carbocycles. The van der Waals surface area contributed by atoms with E-state index in [1.807, 2.05) is 0 Å². The van der Waals surface area contributed by atoms with E-state index in [0.29, 0.717) is 5.92 Å². The summed E-state index contributed by atoms with van der Waals surface area (Å²) in [5.74, 6) is 0.666. The molecule has 2 atom stereocenters. The molecule has 3 nitrogen and oxygen atoms in total. The average Bonchev–Trinajstić information content (AvgIpc) is 2.72. The van der Waals surface area contributed by atoms with Gasteiger partial charge in [-0.05, 0) is 55.5 Å². The van der Waals surface area contributed by atoms with Crippen molar-refractivity contribution in [2.24, 2.45) is 0 Å². The van der Waals surface area contributed by atoms with Crippen molar-refractivity contribution in [2.45, 2.75) is 43.9 Å². The van der Waals surface area contributed by atoms with Crippen molar-refractivity contribution in [3.8, 4) is 0 Å². The Bertz CT molecular complexity index is 730. The number of aliphatic hydroxyl groups is 1. The van der Waals surface area contributed by atoms with Crippen LogP contribution in [0.2, 0.25) is 0 Å². The number of benzene rings is 2. The molecular weight excluding hydrogens is 400 g/mol. The lowest BCUT2D eigenvalue weighted by Gasteiger charge is -2.45. The zero-order valence-corrected chi connectivity index (χ0v) is 17.4. The Balaban J connectivity index is 1.36. The Morgan fingerprint density at radius 1 is 0.889 bits per heavy atom. The summed E-state index contributed by atoms with van der Waals surface area (Å²) in [6.45, 7) is 5.05. The second-order valence-corrected chi connectivity index (χ2v) is 8.83. The quantitative estimate of drug-likeness (QED) is 0.787. The molecule has 2 aliphatic rings. The van der Waals surface area contributed by atoms with Crippen LogP contribution in [0.5, 0.6) is 0 Å². The van der Waals surface area contributed by atoms with Crippen LogP contribution in [0.4, 0.5) is 0 Å². The number of hydrogen-bond acceptors (Lipinski definition) is 3. The van der Waals surface area contributed by atoms with Gasteiger partial charge in [0.15, 0.2) is 0 Å². The van der Waals surface area contributed by atoms with E-state index in [2.05, 4.69) is 80.3 Å². The zero-order valence-electron chi connectivity index (χ0n) is 15.8. The first-order valence-corrected chi connectivity index (χ1v) is 10.9. The number of hydrogen-bond donors (Lipinski definition) is 1. The fraction of sp³-hybridized carbons (Fsp3) is 0.478. The Morgan fingerprint density at radius 3 is 2.33 bits per heavy atom. The van der Waals surface area contributed by atoms with Gasteiger partial charge in [-0.1, -0.05) is 64.5 Å². The number of rotatable bonds is 4. The fourth-order valence-corrected chi connectivity index (χ4v) is 5.05. The van der Waals surface area contributed by atoms with E-state index < -0.39 is 0 Å². The van der Waals surface area contributed by atoms with E-state index in [-0.39, 0.29) is 12.1 Å². The van der Waals surface area contributed by atoms with Crippen molar-refractivity contribution in [3.05, 3.63) is 70.2 Å². The number of likely N-dealkylation sites (tertiary alicyclic amines) is 2. The van der Waals surface area contributed by atoms with Crippen molar-refractivity contribution < 1.29 is 5.11 Å². The number of aliphatic hydroxyl groups excluding tert-OH is 1. The van der Waals surface area contributed by atoms with Gasteiger partial charge >= 0.3 is 0 Å². The Kier molecular flexibility index (Phi) is 6.28. The molecule has 0 unspecified atom stereocenters. The van der Waals surface area contributed by atoms with Crippen LogP contribution in [-0.4, -0.2) is 53.2 Å². The van der Waals surface area contributed by atoms with Gasteiger partial charge in [-0.25, -0.2) is 0 Å². The third kappa shape index (κ3) is 4.62. The SMILES string of the molecule is O[C@@H]1CCN(Cc2ccccc2Br)C[C@H]1N1CCC(c2ccccc2)CC1. The molecule has 2 aliphatic heterocycles. The molecule has 0 aromatic heterocycles. The summed E-state index contributed by atoms with van der Waals surface area (Å²) in [5.41, 5.74) is 2.80. The van der Waals surface area contributed by atoms with Crippen LogP contribution >= 0.6 is 15.9 Å². The van der Waals surface area contributed by atoms with Gasteiger partial charge in [-0.3, -0.25) is 9.80 Å². The molecule has 0 spiro atoms. The summed E-state index contributed by atoms with van der Waals surface area (Å²) in [7, 11) is 0. The van der Waals surface area contributed by atoms with Crippen LogP contribution in [0, 0.1) is 0 Å². The van der Waals surface area contributed by atoms with Gasteiger partial charge in [-0.15, -0.1) is 0 Å². The monoisotopic (exact) mass is 428 g/mol. The van der Waals surface area contributed by atoms with E-state index in [0.717, 1.165) is 39.1 Å². The van der Waals surface area contributed by atoms with E-state index in [9.17, 15) is 5.11 Å². The summed E-state index contributed by atoms with van der Waals surface area (Å²) < 4.78 is 1.18. The smallest absolute Gasteiger partial charge is 0.0720 e. The normalized spacial score (nSPS) is 25.6. The second kappa shape index (κ2) is 8.87. The number of nitrogens with zero attached hydrogens (tertiary/aromatic N) is 2. The highest BCUT2D eigenvalue weighted by molar-refractivity contribution is 9.10. The Hall–Kier alpha value is -1.20. The molecule has 2 fully saturated rings. The topological polar surface area (TPSA) is 26.7 Å². The molecule has 144 valence electrons. The summed E-state index contributed by atoms with van der Waals surface area (Å²) in [6, 6.07) is 19.6. The lowest BCUT2D eigenvalue weighted by Crippen LogP contribution is -2.56.